The van der Waals surface area contributed by atoms with Gasteiger partial charge in [0, 0.05) is 19.2 Å². The first kappa shape index (κ1) is 13.1. The fraction of sp³-hybridized carbons (Fsp3) is 0.600. The van der Waals surface area contributed by atoms with Crippen LogP contribution in [0.25, 0.3) is 0 Å². The minimum absolute atomic E-state index is 0.452. The molecule has 1 unspecified atom stereocenters. The molecular weight excluding hydrogens is 222 g/mol. The minimum Gasteiger partial charge on any atom is -0.357 e. The quantitative estimate of drug-likeness (QED) is 0.579. The molecule has 3 N–H and O–H groups in total. The summed E-state index contributed by atoms with van der Waals surface area (Å²) >= 11 is 1.86. The van der Waals surface area contributed by atoms with Crippen molar-refractivity contribution in [3.63, 3.8) is 0 Å². The van der Waals surface area contributed by atoms with Crippen molar-refractivity contribution in [1.29, 1.82) is 0 Å². The summed E-state index contributed by atoms with van der Waals surface area (Å²) < 4.78 is 0. The van der Waals surface area contributed by atoms with Gasteiger partial charge in [0.15, 0.2) is 0 Å². The summed E-state index contributed by atoms with van der Waals surface area (Å²) in [4.78, 5) is 10.4. The summed E-state index contributed by atoms with van der Waals surface area (Å²) in [6.07, 6.45) is 4.77. The van der Waals surface area contributed by atoms with Gasteiger partial charge in [-0.25, -0.2) is 15.8 Å². The van der Waals surface area contributed by atoms with Crippen molar-refractivity contribution in [3.05, 3.63) is 12.4 Å². The second-order valence-electron chi connectivity index (χ2n) is 3.65. The standard InChI is InChI=1S/C10H19N5S/c1-8(4-5-16-3)15(2)10-6-9(14-11)12-7-13-10/h6-8H,4-5,11H2,1-3H3,(H,12,13,14). The van der Waals surface area contributed by atoms with Crippen LogP contribution in [-0.4, -0.2) is 35.1 Å². The smallest absolute Gasteiger partial charge is 0.145 e. The van der Waals surface area contributed by atoms with Gasteiger partial charge in [-0.15, -0.1) is 0 Å². The number of aromatic nitrogens is 2. The van der Waals surface area contributed by atoms with Crippen LogP contribution in [0, 0.1) is 0 Å². The highest BCUT2D eigenvalue weighted by molar-refractivity contribution is 7.98. The molecule has 0 saturated carbocycles. The second-order valence-corrected chi connectivity index (χ2v) is 4.63. The highest BCUT2D eigenvalue weighted by Crippen LogP contribution is 2.16. The Labute approximate surface area is 101 Å². The number of hydrogen-bond donors (Lipinski definition) is 2. The van der Waals surface area contributed by atoms with Crippen LogP contribution < -0.4 is 16.2 Å². The van der Waals surface area contributed by atoms with E-state index in [0.29, 0.717) is 11.9 Å². The van der Waals surface area contributed by atoms with E-state index in [-0.39, 0.29) is 0 Å². The number of hydrogen-bond acceptors (Lipinski definition) is 6. The largest absolute Gasteiger partial charge is 0.357 e. The number of rotatable bonds is 6. The van der Waals surface area contributed by atoms with E-state index in [1.54, 1.807) is 0 Å². The minimum atomic E-state index is 0.452. The van der Waals surface area contributed by atoms with Gasteiger partial charge in [-0.2, -0.15) is 11.8 Å². The maximum atomic E-state index is 5.31. The van der Waals surface area contributed by atoms with Gasteiger partial charge in [0.2, 0.25) is 0 Å². The molecule has 0 aliphatic rings. The van der Waals surface area contributed by atoms with Crippen LogP contribution in [0.5, 0.6) is 0 Å². The molecule has 0 radical (unpaired) electrons. The van der Waals surface area contributed by atoms with Crippen LogP contribution in [0.15, 0.2) is 12.4 Å². The van der Waals surface area contributed by atoms with E-state index in [1.165, 1.54) is 6.33 Å². The molecule has 0 amide bonds. The predicted molar refractivity (Wildman–Crippen MR) is 70.7 cm³/mol. The van der Waals surface area contributed by atoms with Crippen molar-refractivity contribution in [2.24, 2.45) is 5.84 Å². The van der Waals surface area contributed by atoms with Gasteiger partial charge in [0.1, 0.15) is 18.0 Å². The molecule has 1 heterocycles. The predicted octanol–water partition coefficient (Wildman–Crippen LogP) is 1.34. The van der Waals surface area contributed by atoms with E-state index in [9.17, 15) is 0 Å². The molecule has 5 nitrogen and oxygen atoms in total. The molecule has 1 atom stereocenters. The summed E-state index contributed by atoms with van der Waals surface area (Å²) in [5.41, 5.74) is 2.52. The number of nitrogens with one attached hydrogen (secondary N) is 1. The highest BCUT2D eigenvalue weighted by atomic mass is 32.2. The normalized spacial score (nSPS) is 12.2. The number of nitrogens with two attached hydrogens (primary N) is 1. The molecule has 90 valence electrons. The fourth-order valence-electron chi connectivity index (χ4n) is 1.33. The summed E-state index contributed by atoms with van der Waals surface area (Å²) in [5.74, 6) is 7.98. The van der Waals surface area contributed by atoms with E-state index in [2.05, 4.69) is 33.5 Å². The third-order valence-electron chi connectivity index (χ3n) is 2.56. The van der Waals surface area contributed by atoms with Crippen LogP contribution in [-0.2, 0) is 0 Å². The monoisotopic (exact) mass is 241 g/mol. The first-order chi connectivity index (χ1) is 7.69. The van der Waals surface area contributed by atoms with E-state index in [0.717, 1.165) is 18.0 Å². The van der Waals surface area contributed by atoms with E-state index in [1.807, 2.05) is 24.9 Å². The lowest BCUT2D eigenvalue weighted by Gasteiger charge is -2.25. The lowest BCUT2D eigenvalue weighted by atomic mass is 10.2. The average Bonchev–Trinajstić information content (AvgIpc) is 2.35. The summed E-state index contributed by atoms with van der Waals surface area (Å²) in [6.45, 7) is 2.19. The van der Waals surface area contributed by atoms with Crippen molar-refractivity contribution in [3.8, 4) is 0 Å². The van der Waals surface area contributed by atoms with Gasteiger partial charge in [-0.05, 0) is 25.4 Å². The second kappa shape index (κ2) is 6.55. The Hall–Kier alpha value is -1.01. The fourth-order valence-corrected chi connectivity index (χ4v) is 1.90. The number of nitrogens with zero attached hydrogens (tertiary/aromatic N) is 3. The third kappa shape index (κ3) is 3.53. The maximum Gasteiger partial charge on any atom is 0.145 e. The number of thioether (sulfide) groups is 1. The lowest BCUT2D eigenvalue weighted by molar-refractivity contribution is 0.661. The lowest BCUT2D eigenvalue weighted by Crippen LogP contribution is -2.30. The van der Waals surface area contributed by atoms with Gasteiger partial charge in [0.25, 0.3) is 0 Å². The zero-order valence-corrected chi connectivity index (χ0v) is 10.8. The molecule has 0 fully saturated rings. The SMILES string of the molecule is CSCCC(C)N(C)c1cc(NN)ncn1. The van der Waals surface area contributed by atoms with Crippen molar-refractivity contribution in [2.75, 3.05) is 29.4 Å². The van der Waals surface area contributed by atoms with Crippen molar-refractivity contribution < 1.29 is 0 Å². The molecule has 0 spiro atoms. The number of hydrazine groups is 1. The highest BCUT2D eigenvalue weighted by Gasteiger charge is 2.11. The Morgan fingerprint density at radius 2 is 2.31 bits per heavy atom. The Balaban J connectivity index is 2.67. The molecule has 0 aliphatic carbocycles. The van der Waals surface area contributed by atoms with Gasteiger partial charge in [-0.3, -0.25) is 0 Å². The molecule has 0 aromatic carbocycles. The van der Waals surface area contributed by atoms with Crippen LogP contribution in [0.4, 0.5) is 11.6 Å². The molecule has 1 aromatic rings. The van der Waals surface area contributed by atoms with Gasteiger partial charge in [-0.1, -0.05) is 0 Å². The number of nitrogen functional groups attached to an aromatic ring is 1. The van der Waals surface area contributed by atoms with Crippen LogP contribution in [0.1, 0.15) is 13.3 Å². The van der Waals surface area contributed by atoms with Crippen LogP contribution >= 0.6 is 11.8 Å². The Kier molecular flexibility index (Phi) is 5.34. The third-order valence-corrected chi connectivity index (χ3v) is 3.21. The van der Waals surface area contributed by atoms with E-state index in [4.69, 9.17) is 5.84 Å². The first-order valence-electron chi connectivity index (χ1n) is 5.19. The summed E-state index contributed by atoms with van der Waals surface area (Å²) in [7, 11) is 2.04. The molecule has 1 aromatic heterocycles. The van der Waals surface area contributed by atoms with Crippen LogP contribution in [0.2, 0.25) is 0 Å². The summed E-state index contributed by atoms with van der Waals surface area (Å²) in [5, 5.41) is 0. The van der Waals surface area contributed by atoms with Gasteiger partial charge in [0.05, 0.1) is 0 Å². The maximum absolute atomic E-state index is 5.31. The molecule has 16 heavy (non-hydrogen) atoms. The zero-order chi connectivity index (χ0) is 12.0. The molecular formula is C10H19N5S. The number of anilines is 2. The summed E-state index contributed by atoms with van der Waals surface area (Å²) in [6, 6.07) is 2.29. The van der Waals surface area contributed by atoms with Crippen LogP contribution in [0.3, 0.4) is 0 Å². The first-order valence-corrected chi connectivity index (χ1v) is 6.59. The molecule has 0 aliphatic heterocycles. The van der Waals surface area contributed by atoms with Crippen molar-refractivity contribution >= 4 is 23.4 Å². The average molecular weight is 241 g/mol. The molecule has 0 bridgehead atoms. The molecule has 1 rings (SSSR count). The van der Waals surface area contributed by atoms with Crippen molar-refractivity contribution in [1.82, 2.24) is 9.97 Å². The Morgan fingerprint density at radius 3 is 2.94 bits per heavy atom. The zero-order valence-electron chi connectivity index (χ0n) is 9.97. The van der Waals surface area contributed by atoms with Gasteiger partial charge < -0.3 is 10.3 Å². The van der Waals surface area contributed by atoms with Gasteiger partial charge >= 0.3 is 0 Å². The molecule has 6 heteroatoms. The molecule has 0 saturated heterocycles. The van der Waals surface area contributed by atoms with Crippen molar-refractivity contribution in [2.45, 2.75) is 19.4 Å². The van der Waals surface area contributed by atoms with E-state index < -0.39 is 0 Å². The topological polar surface area (TPSA) is 67.1 Å². The Morgan fingerprint density at radius 1 is 1.56 bits per heavy atom. The van der Waals surface area contributed by atoms with E-state index >= 15 is 0 Å². The Bertz CT molecular complexity index is 320.